The molecule has 3 fully saturated rings. The highest BCUT2D eigenvalue weighted by atomic mass is 19.1. The molecule has 7 nitrogen and oxygen atoms in total. The molecule has 2 heterocycles. The molecule has 1 aliphatic carbocycles. The Morgan fingerprint density at radius 3 is 2.79 bits per heavy atom. The molecular weight excluding hydrogens is 487 g/mol. The van der Waals surface area contributed by atoms with Gasteiger partial charge in [-0.3, -0.25) is 4.99 Å². The summed E-state index contributed by atoms with van der Waals surface area (Å²) in [5, 5.41) is 11.5. The molecule has 8 heteroatoms. The Bertz CT molecular complexity index is 1140. The second kappa shape index (κ2) is 12.4. The fourth-order valence-electron chi connectivity index (χ4n) is 5.99. The molecule has 1 amide bonds. The van der Waals surface area contributed by atoms with E-state index in [1.54, 1.807) is 24.8 Å². The van der Waals surface area contributed by atoms with E-state index in [2.05, 4.69) is 11.6 Å². The molecule has 0 aromatic carbocycles. The van der Waals surface area contributed by atoms with E-state index in [9.17, 15) is 19.1 Å². The van der Waals surface area contributed by atoms with Gasteiger partial charge in [0.05, 0.1) is 12.3 Å². The van der Waals surface area contributed by atoms with E-state index < -0.39 is 29.4 Å². The van der Waals surface area contributed by atoms with E-state index in [-0.39, 0.29) is 36.9 Å². The van der Waals surface area contributed by atoms with Crippen molar-refractivity contribution in [2.24, 2.45) is 28.7 Å². The molecule has 3 aliphatic rings. The number of aliphatic imine (C=N–C) groups is 1. The average Bonchev–Trinajstić information content (AvgIpc) is 3.13. The van der Waals surface area contributed by atoms with Crippen molar-refractivity contribution in [1.82, 2.24) is 4.90 Å². The molecule has 0 aromatic rings. The summed E-state index contributed by atoms with van der Waals surface area (Å²) in [6.45, 7) is 12.4. The summed E-state index contributed by atoms with van der Waals surface area (Å²) in [6.07, 6.45) is 15.4. The van der Waals surface area contributed by atoms with Crippen LogP contribution in [0.25, 0.3) is 0 Å². The number of aliphatic hydroxyl groups is 1. The van der Waals surface area contributed by atoms with Gasteiger partial charge in [-0.25, -0.2) is 9.59 Å². The van der Waals surface area contributed by atoms with Crippen molar-refractivity contribution in [3.05, 3.63) is 59.6 Å². The Kier molecular flexibility index (Phi) is 9.50. The minimum absolute atomic E-state index is 0.0886. The smallest absolute Gasteiger partial charge is 0.409 e. The number of hydrogen-bond donors (Lipinski definition) is 1. The molecule has 0 spiro atoms. The number of nitrogens with zero attached hydrogens (tertiary/aromatic N) is 2. The van der Waals surface area contributed by atoms with Crippen LogP contribution in [-0.4, -0.2) is 59.7 Å². The SMILES string of the molecule is C#C/C(F)=C\C(=C/C)C(=C)C=NC(=C\C)/C=C/[C@H]1C2CCN(C(=O)OCC)C[C@H]2C[C@@]2(O)C(=O)O[C@H](C)[C@@H]12. The number of allylic oxidation sites excluding steroid dienone is 8. The second-order valence-corrected chi connectivity index (χ2v) is 9.94. The average molecular weight is 525 g/mol. The van der Waals surface area contributed by atoms with E-state index in [4.69, 9.17) is 15.9 Å². The normalized spacial score (nSPS) is 32.1. The lowest BCUT2D eigenvalue weighted by Gasteiger charge is -2.50. The number of likely N-dealkylation sites (tertiary alicyclic amines) is 1. The quantitative estimate of drug-likeness (QED) is 0.221. The number of hydrogen-bond acceptors (Lipinski definition) is 6. The number of carbonyl (C=O) groups is 2. The Labute approximate surface area is 224 Å². The Hall–Kier alpha value is -3.44. The molecule has 2 aliphatic heterocycles. The highest BCUT2D eigenvalue weighted by Crippen LogP contribution is 2.53. The first-order valence-electron chi connectivity index (χ1n) is 13.0. The van der Waals surface area contributed by atoms with Crippen molar-refractivity contribution in [2.45, 2.75) is 52.2 Å². The van der Waals surface area contributed by atoms with Crippen LogP contribution in [0.15, 0.2) is 64.6 Å². The predicted molar refractivity (Wildman–Crippen MR) is 145 cm³/mol. The Balaban J connectivity index is 1.85. The molecule has 1 N–H and O–H groups in total. The molecule has 0 bridgehead atoms. The summed E-state index contributed by atoms with van der Waals surface area (Å²) < 4.78 is 24.2. The Morgan fingerprint density at radius 2 is 2.16 bits per heavy atom. The van der Waals surface area contributed by atoms with Gasteiger partial charge in [0.2, 0.25) is 0 Å². The predicted octanol–water partition coefficient (Wildman–Crippen LogP) is 4.91. The molecule has 1 unspecified atom stereocenters. The van der Waals surface area contributed by atoms with E-state index >= 15 is 0 Å². The molecule has 2 saturated heterocycles. The number of fused-ring (bicyclic) bond motifs is 2. The van der Waals surface area contributed by atoms with Gasteiger partial charge in [0.1, 0.15) is 6.10 Å². The van der Waals surface area contributed by atoms with Gasteiger partial charge in [-0.2, -0.15) is 4.39 Å². The van der Waals surface area contributed by atoms with E-state index in [0.29, 0.717) is 29.9 Å². The van der Waals surface area contributed by atoms with E-state index in [1.807, 2.05) is 38.0 Å². The first kappa shape index (κ1) is 29.1. The third kappa shape index (κ3) is 5.99. The standard InChI is InChI=1S/C30H37FN2O5/c1-7-21(15-23(31)8-2)19(5)17-32-24(9-3)11-12-26-25-13-14-33(29(35)37-10-4)18-22(25)16-30(36)27(26)20(6)38-28(30)34/h2,7,9,11-12,15,17,20,22,25-27,36H,5,10,13-14,16,18H2,1,3-4,6H3/b12-11+,21-7+,23-15+,24-9-,32-17?/t20-,22-,25?,26+,27+,30+/m1/s1. The number of esters is 1. The number of ether oxygens (including phenoxy) is 2. The summed E-state index contributed by atoms with van der Waals surface area (Å²) in [5.41, 5.74) is 0.0328. The molecule has 1 saturated carbocycles. The van der Waals surface area contributed by atoms with Crippen molar-refractivity contribution in [1.29, 1.82) is 0 Å². The number of carbonyl (C=O) groups excluding carboxylic acids is 2. The van der Waals surface area contributed by atoms with Crippen LogP contribution in [0.3, 0.4) is 0 Å². The molecule has 0 aromatic heterocycles. The molecular formula is C30H37FN2O5. The molecule has 3 rings (SSSR count). The van der Waals surface area contributed by atoms with Crippen LogP contribution < -0.4 is 0 Å². The van der Waals surface area contributed by atoms with Gasteiger partial charge in [0, 0.05) is 25.2 Å². The lowest BCUT2D eigenvalue weighted by Crippen LogP contribution is -2.58. The van der Waals surface area contributed by atoms with Gasteiger partial charge >= 0.3 is 12.1 Å². The topological polar surface area (TPSA) is 88.4 Å². The zero-order valence-corrected chi connectivity index (χ0v) is 22.5. The van der Waals surface area contributed by atoms with Crippen LogP contribution in [0.5, 0.6) is 0 Å². The largest absolute Gasteiger partial charge is 0.460 e. The lowest BCUT2D eigenvalue weighted by atomic mass is 9.57. The number of terminal acetylenes is 1. The number of rotatable bonds is 7. The molecule has 0 radical (unpaired) electrons. The third-order valence-corrected chi connectivity index (χ3v) is 7.76. The zero-order valence-electron chi connectivity index (χ0n) is 22.5. The van der Waals surface area contributed by atoms with Gasteiger partial charge in [0.15, 0.2) is 11.4 Å². The minimum atomic E-state index is -1.62. The third-order valence-electron chi connectivity index (χ3n) is 7.76. The number of cyclic esters (lactones) is 1. The number of halogens is 1. The van der Waals surface area contributed by atoms with Gasteiger partial charge in [-0.1, -0.05) is 24.8 Å². The fraction of sp³-hybridized carbons (Fsp3) is 0.500. The van der Waals surface area contributed by atoms with Crippen LogP contribution in [-0.2, 0) is 14.3 Å². The first-order valence-corrected chi connectivity index (χ1v) is 13.0. The van der Waals surface area contributed by atoms with Crippen molar-refractivity contribution in [3.8, 4) is 12.3 Å². The first-order chi connectivity index (χ1) is 18.1. The summed E-state index contributed by atoms with van der Waals surface area (Å²) >= 11 is 0. The molecule has 204 valence electrons. The van der Waals surface area contributed by atoms with E-state index in [0.717, 1.165) is 6.42 Å². The monoisotopic (exact) mass is 524 g/mol. The van der Waals surface area contributed by atoms with Crippen LogP contribution in [0, 0.1) is 36.0 Å². The van der Waals surface area contributed by atoms with Crippen molar-refractivity contribution < 1.29 is 28.6 Å². The summed E-state index contributed by atoms with van der Waals surface area (Å²) in [5.74, 6) is 0.112. The number of piperidine rings is 1. The summed E-state index contributed by atoms with van der Waals surface area (Å²) in [7, 11) is 0. The number of amides is 1. The van der Waals surface area contributed by atoms with Gasteiger partial charge in [-0.05, 0) is 87.5 Å². The lowest BCUT2D eigenvalue weighted by molar-refractivity contribution is -0.162. The van der Waals surface area contributed by atoms with Crippen molar-refractivity contribution in [2.75, 3.05) is 19.7 Å². The molecule has 6 atom stereocenters. The van der Waals surface area contributed by atoms with Crippen LogP contribution in [0.4, 0.5) is 9.18 Å². The highest BCUT2D eigenvalue weighted by molar-refractivity contribution is 5.86. The van der Waals surface area contributed by atoms with Crippen LogP contribution in [0.1, 0.15) is 40.5 Å². The van der Waals surface area contributed by atoms with E-state index in [1.165, 1.54) is 12.3 Å². The van der Waals surface area contributed by atoms with Crippen LogP contribution in [0.2, 0.25) is 0 Å². The van der Waals surface area contributed by atoms with Crippen molar-refractivity contribution >= 4 is 18.3 Å². The summed E-state index contributed by atoms with van der Waals surface area (Å²) in [6, 6.07) is 0. The Morgan fingerprint density at radius 1 is 1.42 bits per heavy atom. The minimum Gasteiger partial charge on any atom is -0.460 e. The molecule has 38 heavy (non-hydrogen) atoms. The van der Waals surface area contributed by atoms with Crippen LogP contribution >= 0.6 is 0 Å². The maximum absolute atomic E-state index is 13.6. The summed E-state index contributed by atoms with van der Waals surface area (Å²) in [4.78, 5) is 31.3. The highest BCUT2D eigenvalue weighted by Gasteiger charge is 2.63. The van der Waals surface area contributed by atoms with Crippen molar-refractivity contribution in [3.63, 3.8) is 0 Å². The maximum Gasteiger partial charge on any atom is 0.409 e. The fourth-order valence-corrected chi connectivity index (χ4v) is 5.99. The van der Waals surface area contributed by atoms with Gasteiger partial charge in [0.25, 0.3) is 0 Å². The zero-order chi connectivity index (χ0) is 28.0. The van der Waals surface area contributed by atoms with Gasteiger partial charge in [-0.15, -0.1) is 6.42 Å². The second-order valence-electron chi connectivity index (χ2n) is 9.94. The maximum atomic E-state index is 13.6. The van der Waals surface area contributed by atoms with Gasteiger partial charge < -0.3 is 19.5 Å².